The van der Waals surface area contributed by atoms with Crippen molar-refractivity contribution in [2.24, 2.45) is 5.41 Å². The van der Waals surface area contributed by atoms with E-state index in [0.29, 0.717) is 12.2 Å². The van der Waals surface area contributed by atoms with Crippen LogP contribution in [0.25, 0.3) is 0 Å². The standard InChI is InChI=1S/C19H25NO3.Li/c1-18(2,3)23-17(22)15-16(21)19(9-10-19)11-12-20(15)13-14-7-5-4-6-8-14;/h4-8,21H,9-13H2,1-3H3;. The Kier molecular flexibility index (Phi) is 5.42. The van der Waals surface area contributed by atoms with Gasteiger partial charge in [0.25, 0.3) is 0 Å². The van der Waals surface area contributed by atoms with Gasteiger partial charge >= 0.3 is 5.97 Å². The Morgan fingerprint density at radius 3 is 2.38 bits per heavy atom. The first kappa shape index (κ1) is 19.0. The number of aliphatic hydroxyl groups is 1. The molecule has 0 amide bonds. The number of rotatable bonds is 3. The van der Waals surface area contributed by atoms with Gasteiger partial charge in [-0.05, 0) is 45.6 Å². The fourth-order valence-corrected chi connectivity index (χ4v) is 3.13. The molecule has 1 N–H and O–H groups in total. The molecule has 0 unspecified atom stereocenters. The van der Waals surface area contributed by atoms with E-state index in [1.54, 1.807) is 0 Å². The average Bonchev–Trinajstić information content (AvgIpc) is 3.23. The second-order valence-electron chi connectivity index (χ2n) is 7.64. The largest absolute Gasteiger partial charge is 0.509 e. The zero-order chi connectivity index (χ0) is 16.7. The second kappa shape index (κ2) is 6.86. The van der Waals surface area contributed by atoms with Crippen molar-refractivity contribution >= 4 is 24.8 Å². The van der Waals surface area contributed by atoms with Gasteiger partial charge in [0, 0.05) is 37.4 Å². The molecule has 24 heavy (non-hydrogen) atoms. The molecule has 3 rings (SSSR count). The van der Waals surface area contributed by atoms with E-state index in [1.165, 1.54) is 0 Å². The smallest absolute Gasteiger partial charge is 0.358 e. The number of allylic oxidation sites excluding steroid dienone is 1. The topological polar surface area (TPSA) is 49.8 Å². The van der Waals surface area contributed by atoms with E-state index in [4.69, 9.17) is 4.74 Å². The predicted molar refractivity (Wildman–Crippen MR) is 94.4 cm³/mol. The average molecular weight is 322 g/mol. The molecule has 1 fully saturated rings. The van der Waals surface area contributed by atoms with Gasteiger partial charge in [0.2, 0.25) is 0 Å². The normalized spacial score (nSPS) is 19.0. The molecule has 1 aromatic carbocycles. The van der Waals surface area contributed by atoms with Crippen molar-refractivity contribution in [3.8, 4) is 0 Å². The summed E-state index contributed by atoms with van der Waals surface area (Å²) in [5.41, 5.74) is 0.733. The van der Waals surface area contributed by atoms with Crippen LogP contribution in [0.2, 0.25) is 0 Å². The van der Waals surface area contributed by atoms with Crippen molar-refractivity contribution in [3.63, 3.8) is 0 Å². The van der Waals surface area contributed by atoms with Gasteiger partial charge in [-0.2, -0.15) is 0 Å². The maximum Gasteiger partial charge on any atom is 0.358 e. The van der Waals surface area contributed by atoms with Gasteiger partial charge in [0.15, 0.2) is 5.70 Å². The van der Waals surface area contributed by atoms with Crippen LogP contribution >= 0.6 is 0 Å². The van der Waals surface area contributed by atoms with Crippen LogP contribution in [-0.4, -0.2) is 47.0 Å². The van der Waals surface area contributed by atoms with E-state index in [1.807, 2.05) is 56.0 Å². The molecule has 1 aliphatic carbocycles. The van der Waals surface area contributed by atoms with Gasteiger partial charge in [-0.25, -0.2) is 4.79 Å². The number of carbonyl (C=O) groups is 1. The van der Waals surface area contributed by atoms with Crippen molar-refractivity contribution < 1.29 is 14.6 Å². The van der Waals surface area contributed by atoms with Crippen molar-refractivity contribution in [1.29, 1.82) is 0 Å². The Hall–Kier alpha value is -1.37. The van der Waals surface area contributed by atoms with Crippen molar-refractivity contribution in [2.45, 2.75) is 52.2 Å². The van der Waals surface area contributed by atoms with Gasteiger partial charge in [-0.15, -0.1) is 0 Å². The van der Waals surface area contributed by atoms with E-state index in [-0.39, 0.29) is 30.0 Å². The molecule has 125 valence electrons. The van der Waals surface area contributed by atoms with Crippen LogP contribution in [0.4, 0.5) is 0 Å². The van der Waals surface area contributed by atoms with Gasteiger partial charge in [-0.1, -0.05) is 30.3 Å². The molecular weight excluding hydrogens is 297 g/mol. The van der Waals surface area contributed by atoms with Crippen molar-refractivity contribution in [3.05, 3.63) is 47.4 Å². The molecule has 0 saturated heterocycles. The number of nitrogens with zero attached hydrogens (tertiary/aromatic N) is 1. The predicted octanol–water partition coefficient (Wildman–Crippen LogP) is 3.40. The molecule has 1 radical (unpaired) electrons. The van der Waals surface area contributed by atoms with Crippen LogP contribution in [0.3, 0.4) is 0 Å². The van der Waals surface area contributed by atoms with Gasteiger partial charge < -0.3 is 14.7 Å². The quantitative estimate of drug-likeness (QED) is 0.684. The van der Waals surface area contributed by atoms with Gasteiger partial charge in [-0.3, -0.25) is 0 Å². The van der Waals surface area contributed by atoms with E-state index in [2.05, 4.69) is 0 Å². The number of carbonyl (C=O) groups excluding carboxylic acids is 1. The van der Waals surface area contributed by atoms with Crippen LogP contribution in [0.1, 0.15) is 45.6 Å². The molecule has 0 atom stereocenters. The molecule has 2 aliphatic rings. The third-order valence-electron chi connectivity index (χ3n) is 4.57. The summed E-state index contributed by atoms with van der Waals surface area (Å²) in [5, 5.41) is 10.7. The molecule has 5 heteroatoms. The van der Waals surface area contributed by atoms with Crippen LogP contribution in [0, 0.1) is 5.41 Å². The van der Waals surface area contributed by atoms with E-state index >= 15 is 0 Å². The number of hydrogen-bond donors (Lipinski definition) is 1. The number of aliphatic hydroxyl groups excluding tert-OH is 1. The summed E-state index contributed by atoms with van der Waals surface area (Å²) in [7, 11) is 0. The van der Waals surface area contributed by atoms with Crippen LogP contribution in [0.5, 0.6) is 0 Å². The Balaban J connectivity index is 0.00000208. The molecule has 1 spiro atoms. The van der Waals surface area contributed by atoms with Crippen LogP contribution < -0.4 is 0 Å². The molecule has 0 bridgehead atoms. The monoisotopic (exact) mass is 322 g/mol. The van der Waals surface area contributed by atoms with Crippen LogP contribution in [0.15, 0.2) is 41.8 Å². The first-order chi connectivity index (χ1) is 10.8. The van der Waals surface area contributed by atoms with Crippen molar-refractivity contribution in [1.82, 2.24) is 4.90 Å². The minimum atomic E-state index is -0.572. The number of ether oxygens (including phenoxy) is 1. The Morgan fingerprint density at radius 1 is 1.21 bits per heavy atom. The molecule has 4 nitrogen and oxygen atoms in total. The second-order valence-corrected chi connectivity index (χ2v) is 7.64. The van der Waals surface area contributed by atoms with E-state index < -0.39 is 11.6 Å². The van der Waals surface area contributed by atoms with Gasteiger partial charge in [0.05, 0.1) is 0 Å². The Labute approximate surface area is 156 Å². The van der Waals surface area contributed by atoms with Crippen molar-refractivity contribution in [2.75, 3.05) is 6.54 Å². The number of benzene rings is 1. The minimum Gasteiger partial charge on any atom is -0.509 e. The van der Waals surface area contributed by atoms with Gasteiger partial charge in [0.1, 0.15) is 11.4 Å². The number of esters is 1. The Morgan fingerprint density at radius 2 is 1.83 bits per heavy atom. The summed E-state index contributed by atoms with van der Waals surface area (Å²) in [6.45, 7) is 6.92. The first-order valence-electron chi connectivity index (χ1n) is 8.27. The summed E-state index contributed by atoms with van der Waals surface area (Å²) in [6, 6.07) is 10.0. The minimum absolute atomic E-state index is 0. The molecule has 1 saturated carbocycles. The maximum absolute atomic E-state index is 12.7. The van der Waals surface area contributed by atoms with E-state index in [9.17, 15) is 9.90 Å². The molecule has 1 aromatic rings. The molecule has 0 aromatic heterocycles. The summed E-state index contributed by atoms with van der Waals surface area (Å²) in [4.78, 5) is 14.6. The first-order valence-corrected chi connectivity index (χ1v) is 8.27. The third kappa shape index (κ3) is 3.99. The van der Waals surface area contributed by atoms with E-state index in [0.717, 1.165) is 31.4 Å². The maximum atomic E-state index is 12.7. The number of hydrogen-bond acceptors (Lipinski definition) is 4. The zero-order valence-electron chi connectivity index (χ0n) is 15.1. The third-order valence-corrected chi connectivity index (χ3v) is 4.57. The summed E-state index contributed by atoms with van der Waals surface area (Å²) in [5.74, 6) is -0.189. The molecule has 1 aliphatic heterocycles. The molecular formula is C19H25LiNO3. The molecule has 1 heterocycles. The summed E-state index contributed by atoms with van der Waals surface area (Å²) < 4.78 is 5.54. The zero-order valence-corrected chi connectivity index (χ0v) is 15.1. The fraction of sp³-hybridized carbons (Fsp3) is 0.526. The van der Waals surface area contributed by atoms with Crippen LogP contribution in [-0.2, 0) is 16.1 Å². The summed E-state index contributed by atoms with van der Waals surface area (Å²) in [6.07, 6.45) is 2.83. The fourth-order valence-electron chi connectivity index (χ4n) is 3.13. The summed E-state index contributed by atoms with van der Waals surface area (Å²) >= 11 is 0. The SMILES string of the molecule is CC(C)(C)OC(=O)C1=C(O)C2(CCN1Cc1ccccc1)CC2.[Li]. The Bertz CT molecular complexity index is 630.